The number of phenols is 1. The highest BCUT2D eigenvalue weighted by molar-refractivity contribution is 9.10. The number of halogens is 1. The Labute approximate surface area is 137 Å². The topological polar surface area (TPSA) is 69.6 Å². The Balaban J connectivity index is 1.53. The summed E-state index contributed by atoms with van der Waals surface area (Å²) in [5, 5.41) is 12.8. The van der Waals surface area contributed by atoms with Crippen LogP contribution < -0.4 is 5.32 Å². The number of hydrogen-bond donors (Lipinski definition) is 2. The number of nitrogens with one attached hydrogen (secondary N) is 1. The predicted molar refractivity (Wildman–Crippen MR) is 85.6 cm³/mol. The van der Waals surface area contributed by atoms with Crippen molar-refractivity contribution in [2.75, 3.05) is 13.1 Å². The zero-order valence-electron chi connectivity index (χ0n) is 12.2. The van der Waals surface area contributed by atoms with Crippen molar-refractivity contribution in [2.45, 2.75) is 31.7 Å². The van der Waals surface area contributed by atoms with Gasteiger partial charge in [-0.05, 0) is 43.9 Å². The minimum Gasteiger partial charge on any atom is -0.507 e. The maximum absolute atomic E-state index is 12.2. The second kappa shape index (κ2) is 6.28. The van der Waals surface area contributed by atoms with Crippen molar-refractivity contribution < 1.29 is 14.7 Å². The zero-order chi connectivity index (χ0) is 15.7. The van der Waals surface area contributed by atoms with Gasteiger partial charge in [0.1, 0.15) is 5.75 Å². The Morgan fingerprint density at radius 3 is 2.45 bits per heavy atom. The fourth-order valence-corrected chi connectivity index (χ4v) is 3.14. The minimum atomic E-state index is -0.267. The first-order chi connectivity index (χ1) is 10.5. The van der Waals surface area contributed by atoms with Crippen LogP contribution >= 0.6 is 15.9 Å². The normalized spacial score (nSPS) is 19.0. The first-order valence-electron chi connectivity index (χ1n) is 7.63. The Bertz CT molecular complexity index is 593. The Morgan fingerprint density at radius 1 is 1.18 bits per heavy atom. The number of aromatic hydroxyl groups is 1. The van der Waals surface area contributed by atoms with E-state index in [1.54, 1.807) is 12.1 Å². The van der Waals surface area contributed by atoms with Gasteiger partial charge in [0.15, 0.2) is 0 Å². The molecule has 0 radical (unpaired) electrons. The van der Waals surface area contributed by atoms with Gasteiger partial charge in [-0.3, -0.25) is 9.59 Å². The number of carbonyl (C=O) groups excluding carboxylic acids is 2. The fourth-order valence-electron chi connectivity index (χ4n) is 2.79. The molecule has 1 aliphatic heterocycles. The third kappa shape index (κ3) is 3.43. The molecule has 2 amide bonds. The van der Waals surface area contributed by atoms with Gasteiger partial charge < -0.3 is 15.3 Å². The van der Waals surface area contributed by atoms with Crippen LogP contribution in [0.4, 0.5) is 0 Å². The lowest BCUT2D eigenvalue weighted by molar-refractivity contribution is -0.133. The summed E-state index contributed by atoms with van der Waals surface area (Å²) in [5.41, 5.74) is 0.277. The Morgan fingerprint density at radius 2 is 1.86 bits per heavy atom. The van der Waals surface area contributed by atoms with E-state index in [-0.39, 0.29) is 35.1 Å². The lowest BCUT2D eigenvalue weighted by Crippen LogP contribution is -2.47. The predicted octanol–water partition coefficient (Wildman–Crippen LogP) is 2.29. The van der Waals surface area contributed by atoms with Crippen molar-refractivity contribution in [1.29, 1.82) is 0 Å². The third-order valence-electron chi connectivity index (χ3n) is 4.27. The number of phenolic OH excluding ortho intramolecular Hbond substituents is 1. The molecule has 1 saturated heterocycles. The number of likely N-dealkylation sites (tertiary alicyclic amines) is 1. The molecule has 5 nitrogen and oxygen atoms in total. The second-order valence-corrected chi connectivity index (χ2v) is 6.92. The smallest absolute Gasteiger partial charge is 0.255 e. The van der Waals surface area contributed by atoms with E-state index in [1.807, 2.05) is 4.90 Å². The summed E-state index contributed by atoms with van der Waals surface area (Å²) in [6.45, 7) is 1.40. The summed E-state index contributed by atoms with van der Waals surface area (Å²) in [7, 11) is 0. The van der Waals surface area contributed by atoms with Crippen molar-refractivity contribution in [1.82, 2.24) is 10.2 Å². The van der Waals surface area contributed by atoms with Crippen LogP contribution in [-0.4, -0.2) is 41.0 Å². The highest BCUT2D eigenvalue weighted by Crippen LogP contribution is 2.32. The van der Waals surface area contributed by atoms with E-state index in [0.29, 0.717) is 13.1 Å². The molecular formula is C16H19BrN2O3. The maximum Gasteiger partial charge on any atom is 0.255 e. The summed E-state index contributed by atoms with van der Waals surface area (Å²) >= 11 is 3.25. The molecule has 0 aromatic heterocycles. The lowest BCUT2D eigenvalue weighted by Gasteiger charge is -2.32. The molecule has 2 fully saturated rings. The highest BCUT2D eigenvalue weighted by atomic mass is 79.9. The number of rotatable bonds is 3. The number of carbonyl (C=O) groups is 2. The van der Waals surface area contributed by atoms with Gasteiger partial charge in [-0.1, -0.05) is 15.9 Å². The molecule has 1 saturated carbocycles. The van der Waals surface area contributed by atoms with E-state index in [9.17, 15) is 14.7 Å². The van der Waals surface area contributed by atoms with Crippen LogP contribution in [0.1, 0.15) is 36.0 Å². The molecule has 118 valence electrons. The molecule has 2 N–H and O–H groups in total. The molecule has 1 aromatic carbocycles. The second-order valence-electron chi connectivity index (χ2n) is 6.01. The quantitative estimate of drug-likeness (QED) is 0.861. The standard InChI is InChI=1S/C16H19BrN2O3/c17-11-3-4-13(14(20)9-11)15(21)18-12-5-7-19(8-6-12)16(22)10-1-2-10/h3-4,9-10,12,20H,1-2,5-8H2,(H,18,21). The number of hydrogen-bond acceptors (Lipinski definition) is 3. The molecule has 0 atom stereocenters. The largest absolute Gasteiger partial charge is 0.507 e. The van der Waals surface area contributed by atoms with Gasteiger partial charge in [0, 0.05) is 29.5 Å². The number of benzene rings is 1. The number of piperidine rings is 1. The Kier molecular flexibility index (Phi) is 4.38. The highest BCUT2D eigenvalue weighted by Gasteiger charge is 2.35. The van der Waals surface area contributed by atoms with Crippen molar-refractivity contribution in [3.05, 3.63) is 28.2 Å². The van der Waals surface area contributed by atoms with Crippen LogP contribution in [0.5, 0.6) is 5.75 Å². The fraction of sp³-hybridized carbons (Fsp3) is 0.500. The number of nitrogens with zero attached hydrogens (tertiary/aromatic N) is 1. The van der Waals surface area contributed by atoms with Gasteiger partial charge in [0.2, 0.25) is 5.91 Å². The van der Waals surface area contributed by atoms with Crippen molar-refractivity contribution in [2.24, 2.45) is 5.92 Å². The molecule has 0 spiro atoms. The zero-order valence-corrected chi connectivity index (χ0v) is 13.8. The van der Waals surface area contributed by atoms with Crippen LogP contribution in [0.3, 0.4) is 0 Å². The van der Waals surface area contributed by atoms with Gasteiger partial charge in [0.05, 0.1) is 5.56 Å². The monoisotopic (exact) mass is 366 g/mol. The first kappa shape index (κ1) is 15.3. The lowest BCUT2D eigenvalue weighted by atomic mass is 10.0. The summed E-state index contributed by atoms with van der Waals surface area (Å²) in [4.78, 5) is 26.1. The third-order valence-corrected chi connectivity index (χ3v) is 4.77. The van der Waals surface area contributed by atoms with Gasteiger partial charge >= 0.3 is 0 Å². The van der Waals surface area contributed by atoms with Crippen LogP contribution in [0, 0.1) is 5.92 Å². The van der Waals surface area contributed by atoms with E-state index in [2.05, 4.69) is 21.2 Å². The molecule has 1 aliphatic carbocycles. The molecule has 3 rings (SSSR count). The summed E-state index contributed by atoms with van der Waals surface area (Å²) in [6, 6.07) is 4.89. The van der Waals surface area contributed by atoms with Crippen molar-refractivity contribution in [3.63, 3.8) is 0 Å². The number of amides is 2. The van der Waals surface area contributed by atoms with E-state index in [1.165, 1.54) is 6.07 Å². The molecule has 1 heterocycles. The maximum atomic E-state index is 12.2. The minimum absolute atomic E-state index is 0.0341. The SMILES string of the molecule is O=C(NC1CCN(C(=O)C2CC2)CC1)c1ccc(Br)cc1O. The molecular weight excluding hydrogens is 348 g/mol. The van der Waals surface area contributed by atoms with Crippen molar-refractivity contribution in [3.8, 4) is 5.75 Å². The average Bonchev–Trinajstić information content (AvgIpc) is 3.31. The van der Waals surface area contributed by atoms with Gasteiger partial charge in [-0.2, -0.15) is 0 Å². The molecule has 2 aliphatic rings. The van der Waals surface area contributed by atoms with Crippen molar-refractivity contribution >= 4 is 27.7 Å². The van der Waals surface area contributed by atoms with E-state index in [0.717, 1.165) is 30.2 Å². The summed E-state index contributed by atoms with van der Waals surface area (Å²) < 4.78 is 0.730. The summed E-state index contributed by atoms with van der Waals surface area (Å²) in [6.07, 6.45) is 3.58. The molecule has 1 aromatic rings. The van der Waals surface area contributed by atoms with E-state index >= 15 is 0 Å². The van der Waals surface area contributed by atoms with E-state index in [4.69, 9.17) is 0 Å². The molecule has 0 bridgehead atoms. The Hall–Kier alpha value is -1.56. The molecule has 22 heavy (non-hydrogen) atoms. The van der Waals surface area contributed by atoms with Crippen LogP contribution in [0.2, 0.25) is 0 Å². The van der Waals surface area contributed by atoms with Gasteiger partial charge in [-0.25, -0.2) is 0 Å². The molecule has 0 unspecified atom stereocenters. The summed E-state index contributed by atoms with van der Waals surface area (Å²) in [5.74, 6) is 0.228. The van der Waals surface area contributed by atoms with Crippen LogP contribution in [-0.2, 0) is 4.79 Å². The first-order valence-corrected chi connectivity index (χ1v) is 8.42. The average molecular weight is 367 g/mol. The van der Waals surface area contributed by atoms with Gasteiger partial charge in [0.25, 0.3) is 5.91 Å². The molecule has 6 heteroatoms. The van der Waals surface area contributed by atoms with Crippen LogP contribution in [0.25, 0.3) is 0 Å². The van der Waals surface area contributed by atoms with Gasteiger partial charge in [-0.15, -0.1) is 0 Å². The van der Waals surface area contributed by atoms with E-state index < -0.39 is 0 Å². The van der Waals surface area contributed by atoms with Crippen LogP contribution in [0.15, 0.2) is 22.7 Å².